The Morgan fingerprint density at radius 2 is 1.55 bits per heavy atom. The van der Waals surface area contributed by atoms with E-state index in [1.54, 1.807) is 35.7 Å². The van der Waals surface area contributed by atoms with Crippen LogP contribution in [0.3, 0.4) is 0 Å². The van der Waals surface area contributed by atoms with Crippen molar-refractivity contribution >= 4 is 34.7 Å². The number of para-hydroxylation sites is 1. The Morgan fingerprint density at radius 3 is 2.17 bits per heavy atom. The van der Waals surface area contributed by atoms with E-state index in [0.29, 0.717) is 10.6 Å². The van der Waals surface area contributed by atoms with E-state index in [0.717, 1.165) is 11.1 Å². The molecule has 0 saturated carbocycles. The molecule has 148 valence electrons. The Hall–Kier alpha value is -3.25. The van der Waals surface area contributed by atoms with Gasteiger partial charge in [-0.15, -0.1) is 11.3 Å². The molecule has 5 nitrogen and oxygen atoms in total. The van der Waals surface area contributed by atoms with E-state index in [-0.39, 0.29) is 16.9 Å². The van der Waals surface area contributed by atoms with Crippen LogP contribution in [0.1, 0.15) is 43.6 Å². The zero-order valence-electron chi connectivity index (χ0n) is 16.4. The molecule has 2 aromatic carbocycles. The van der Waals surface area contributed by atoms with Gasteiger partial charge in [-0.3, -0.25) is 9.59 Å². The number of aryl methyl sites for hydroxylation is 2. The van der Waals surface area contributed by atoms with E-state index in [2.05, 4.69) is 5.32 Å². The molecule has 0 radical (unpaired) electrons. The van der Waals surface area contributed by atoms with Crippen LogP contribution in [-0.2, 0) is 9.53 Å². The molecule has 1 aromatic heterocycles. The number of carbonyl (C=O) groups is 3. The van der Waals surface area contributed by atoms with Gasteiger partial charge in [0.2, 0.25) is 5.78 Å². The molecular weight excluding hydrogens is 386 g/mol. The molecular formula is C23H21NO4S. The predicted octanol–water partition coefficient (Wildman–Crippen LogP) is 4.78. The van der Waals surface area contributed by atoms with Gasteiger partial charge < -0.3 is 10.1 Å². The molecule has 0 fully saturated rings. The largest absolute Gasteiger partial charge is 0.449 e. The molecule has 1 amide bonds. The number of nitrogens with one attached hydrogen (secondary N) is 1. The van der Waals surface area contributed by atoms with Crippen molar-refractivity contribution in [2.75, 3.05) is 5.32 Å². The molecule has 0 aliphatic rings. The molecule has 3 aromatic rings. The SMILES string of the molecule is Cc1cccc(C)c1NC(=O)[C@H](C)OC(=O)c1ccccc1C(=O)c1cccs1. The number of benzene rings is 2. The highest BCUT2D eigenvalue weighted by atomic mass is 32.1. The van der Waals surface area contributed by atoms with Crippen molar-refractivity contribution in [3.05, 3.63) is 87.1 Å². The van der Waals surface area contributed by atoms with Crippen LogP contribution in [0.2, 0.25) is 0 Å². The summed E-state index contributed by atoms with van der Waals surface area (Å²) in [6, 6.07) is 15.6. The van der Waals surface area contributed by atoms with Crippen LogP contribution in [0.4, 0.5) is 5.69 Å². The van der Waals surface area contributed by atoms with Crippen LogP contribution in [0.15, 0.2) is 60.0 Å². The average molecular weight is 407 g/mol. The summed E-state index contributed by atoms with van der Waals surface area (Å²) in [6.07, 6.45) is -1.02. The minimum atomic E-state index is -1.02. The maximum atomic E-state index is 12.7. The lowest BCUT2D eigenvalue weighted by Crippen LogP contribution is -2.31. The number of thiophene rings is 1. The number of hydrogen-bond acceptors (Lipinski definition) is 5. The van der Waals surface area contributed by atoms with Gasteiger partial charge in [0, 0.05) is 11.3 Å². The molecule has 0 spiro atoms. The van der Waals surface area contributed by atoms with Crippen molar-refractivity contribution in [1.29, 1.82) is 0 Å². The zero-order chi connectivity index (χ0) is 21.0. The fourth-order valence-electron chi connectivity index (χ4n) is 2.91. The van der Waals surface area contributed by atoms with Crippen molar-refractivity contribution in [3.63, 3.8) is 0 Å². The number of ketones is 1. The standard InChI is InChI=1S/C23H21NO4S/c1-14-8-6-9-15(2)20(14)24-22(26)16(3)28-23(27)18-11-5-4-10-17(18)21(25)19-12-7-13-29-19/h4-13,16H,1-3H3,(H,24,26)/t16-/m0/s1. The summed E-state index contributed by atoms with van der Waals surface area (Å²) in [4.78, 5) is 38.5. The first-order valence-electron chi connectivity index (χ1n) is 9.13. The first kappa shape index (κ1) is 20.5. The van der Waals surface area contributed by atoms with Gasteiger partial charge in [0.25, 0.3) is 5.91 Å². The van der Waals surface area contributed by atoms with Gasteiger partial charge in [0.05, 0.1) is 10.4 Å². The predicted molar refractivity (Wildman–Crippen MR) is 114 cm³/mol. The van der Waals surface area contributed by atoms with Crippen LogP contribution in [0, 0.1) is 13.8 Å². The van der Waals surface area contributed by atoms with E-state index in [4.69, 9.17) is 4.74 Å². The number of rotatable bonds is 6. The average Bonchev–Trinajstić information content (AvgIpc) is 3.25. The topological polar surface area (TPSA) is 72.5 Å². The molecule has 29 heavy (non-hydrogen) atoms. The number of ether oxygens (including phenoxy) is 1. The van der Waals surface area contributed by atoms with Crippen molar-refractivity contribution in [3.8, 4) is 0 Å². The minimum absolute atomic E-state index is 0.137. The van der Waals surface area contributed by atoms with E-state index in [1.165, 1.54) is 24.3 Å². The molecule has 0 aliphatic carbocycles. The third-order valence-corrected chi connectivity index (χ3v) is 5.39. The third kappa shape index (κ3) is 4.60. The lowest BCUT2D eigenvalue weighted by atomic mass is 10.0. The van der Waals surface area contributed by atoms with Crippen molar-refractivity contribution < 1.29 is 19.1 Å². The lowest BCUT2D eigenvalue weighted by molar-refractivity contribution is -0.123. The Labute approximate surface area is 173 Å². The fourth-order valence-corrected chi connectivity index (χ4v) is 3.59. The second kappa shape index (κ2) is 8.84. The molecule has 1 heterocycles. The van der Waals surface area contributed by atoms with E-state index < -0.39 is 18.0 Å². The van der Waals surface area contributed by atoms with Crippen molar-refractivity contribution in [1.82, 2.24) is 0 Å². The number of esters is 1. The second-order valence-electron chi connectivity index (χ2n) is 6.66. The third-order valence-electron chi connectivity index (χ3n) is 4.52. The van der Waals surface area contributed by atoms with Gasteiger partial charge >= 0.3 is 5.97 Å². The summed E-state index contributed by atoms with van der Waals surface area (Å²) in [6.45, 7) is 5.29. The summed E-state index contributed by atoms with van der Waals surface area (Å²) in [5, 5.41) is 4.61. The van der Waals surface area contributed by atoms with Gasteiger partial charge in [-0.2, -0.15) is 0 Å². The Bertz CT molecular complexity index is 1040. The molecule has 0 unspecified atom stereocenters. The van der Waals surface area contributed by atoms with Crippen LogP contribution in [0.25, 0.3) is 0 Å². The molecule has 0 aliphatic heterocycles. The first-order valence-corrected chi connectivity index (χ1v) is 10.0. The molecule has 0 saturated heterocycles. The summed E-state index contributed by atoms with van der Waals surface area (Å²) in [5.74, 6) is -1.40. The monoisotopic (exact) mass is 407 g/mol. The van der Waals surface area contributed by atoms with Crippen molar-refractivity contribution in [2.24, 2.45) is 0 Å². The van der Waals surface area contributed by atoms with Gasteiger partial charge in [0.15, 0.2) is 6.10 Å². The maximum absolute atomic E-state index is 12.7. The number of amides is 1. The highest BCUT2D eigenvalue weighted by Crippen LogP contribution is 2.21. The number of carbonyl (C=O) groups excluding carboxylic acids is 3. The van der Waals surface area contributed by atoms with Crippen LogP contribution in [-0.4, -0.2) is 23.8 Å². The summed E-state index contributed by atoms with van der Waals surface area (Å²) >= 11 is 1.30. The first-order chi connectivity index (χ1) is 13.9. The molecule has 1 N–H and O–H groups in total. The molecule has 6 heteroatoms. The van der Waals surface area contributed by atoms with Crippen LogP contribution < -0.4 is 5.32 Å². The maximum Gasteiger partial charge on any atom is 0.339 e. The van der Waals surface area contributed by atoms with Crippen LogP contribution >= 0.6 is 11.3 Å². The van der Waals surface area contributed by atoms with Gasteiger partial charge in [-0.25, -0.2) is 4.79 Å². The highest BCUT2D eigenvalue weighted by Gasteiger charge is 2.24. The highest BCUT2D eigenvalue weighted by molar-refractivity contribution is 7.12. The quantitative estimate of drug-likeness (QED) is 0.471. The zero-order valence-corrected chi connectivity index (χ0v) is 17.2. The van der Waals surface area contributed by atoms with Gasteiger partial charge in [-0.1, -0.05) is 42.5 Å². The van der Waals surface area contributed by atoms with Gasteiger partial charge in [0.1, 0.15) is 0 Å². The normalized spacial score (nSPS) is 11.6. The molecule has 0 bridgehead atoms. The van der Waals surface area contributed by atoms with E-state index in [1.807, 2.05) is 32.0 Å². The second-order valence-corrected chi connectivity index (χ2v) is 7.60. The smallest absolute Gasteiger partial charge is 0.339 e. The lowest BCUT2D eigenvalue weighted by Gasteiger charge is -2.17. The van der Waals surface area contributed by atoms with Crippen molar-refractivity contribution in [2.45, 2.75) is 26.9 Å². The number of hydrogen-bond donors (Lipinski definition) is 1. The Balaban J connectivity index is 1.75. The van der Waals surface area contributed by atoms with E-state index >= 15 is 0 Å². The number of anilines is 1. The minimum Gasteiger partial charge on any atom is -0.449 e. The Morgan fingerprint density at radius 1 is 0.897 bits per heavy atom. The summed E-state index contributed by atoms with van der Waals surface area (Å²) in [5.41, 5.74) is 2.93. The van der Waals surface area contributed by atoms with Crippen LogP contribution in [0.5, 0.6) is 0 Å². The molecule has 1 atom stereocenters. The summed E-state index contributed by atoms with van der Waals surface area (Å²) in [7, 11) is 0. The Kier molecular flexibility index (Phi) is 6.24. The fraction of sp³-hybridized carbons (Fsp3) is 0.174. The van der Waals surface area contributed by atoms with E-state index in [9.17, 15) is 14.4 Å². The summed E-state index contributed by atoms with van der Waals surface area (Å²) < 4.78 is 5.36. The van der Waals surface area contributed by atoms with Gasteiger partial charge in [-0.05, 0) is 49.4 Å². The molecule has 3 rings (SSSR count).